The maximum absolute atomic E-state index is 12.1. The number of aryl methyl sites for hydroxylation is 1. The van der Waals surface area contributed by atoms with Crippen molar-refractivity contribution in [1.29, 1.82) is 0 Å². The van der Waals surface area contributed by atoms with E-state index in [1.165, 1.54) is 17.1 Å². The number of aromatic nitrogens is 2. The Kier molecular flexibility index (Phi) is 4.56. The molecule has 1 saturated heterocycles. The van der Waals surface area contributed by atoms with Crippen LogP contribution in [0, 0.1) is 0 Å². The Morgan fingerprint density at radius 2 is 2.16 bits per heavy atom. The van der Waals surface area contributed by atoms with Gasteiger partial charge in [0.25, 0.3) is 0 Å². The summed E-state index contributed by atoms with van der Waals surface area (Å²) in [6.45, 7) is 5.66. The minimum Gasteiger partial charge on any atom is -0.379 e. The lowest BCUT2D eigenvalue weighted by Gasteiger charge is -2.29. The average Bonchev–Trinajstić information content (AvgIpc) is 2.77. The topological polar surface area (TPSA) is 76.5 Å². The molecule has 2 rings (SSSR count). The number of rotatable bonds is 5. The van der Waals surface area contributed by atoms with E-state index in [1.807, 2.05) is 6.92 Å². The summed E-state index contributed by atoms with van der Waals surface area (Å²) >= 11 is 0. The van der Waals surface area contributed by atoms with E-state index in [9.17, 15) is 8.42 Å². The van der Waals surface area contributed by atoms with Gasteiger partial charge in [0.15, 0.2) is 0 Å². The van der Waals surface area contributed by atoms with Crippen LogP contribution < -0.4 is 4.72 Å². The molecule has 1 N–H and O–H groups in total. The quantitative estimate of drug-likeness (QED) is 0.784. The highest BCUT2D eigenvalue weighted by Crippen LogP contribution is 2.07. The molecular weight excluding hydrogens is 268 g/mol. The second-order valence-electron chi connectivity index (χ2n) is 4.79. The van der Waals surface area contributed by atoms with E-state index in [0.717, 1.165) is 13.1 Å². The Morgan fingerprint density at radius 3 is 2.74 bits per heavy atom. The standard InChI is InChI=1S/C11H20N4O3S/c1-10(8-15-3-5-18-6-4-15)13-19(16,17)11-7-12-14(2)9-11/h7,9-10,13H,3-6,8H2,1-2H3. The minimum absolute atomic E-state index is 0.150. The van der Waals surface area contributed by atoms with Gasteiger partial charge in [-0.2, -0.15) is 5.10 Å². The van der Waals surface area contributed by atoms with Gasteiger partial charge in [-0.1, -0.05) is 0 Å². The van der Waals surface area contributed by atoms with Gasteiger partial charge in [0.1, 0.15) is 4.90 Å². The predicted octanol–water partition coefficient (Wildman–Crippen LogP) is -0.581. The van der Waals surface area contributed by atoms with Crippen molar-refractivity contribution < 1.29 is 13.2 Å². The first-order chi connectivity index (χ1) is 8.97. The second-order valence-corrected chi connectivity index (χ2v) is 6.50. The normalized spacial score (nSPS) is 19.5. The third-order valence-electron chi connectivity index (χ3n) is 2.98. The average molecular weight is 288 g/mol. The molecule has 8 heteroatoms. The molecule has 0 aromatic carbocycles. The maximum atomic E-state index is 12.1. The Hall–Kier alpha value is -0.960. The zero-order valence-electron chi connectivity index (χ0n) is 11.2. The monoisotopic (exact) mass is 288 g/mol. The molecule has 2 heterocycles. The van der Waals surface area contributed by atoms with Gasteiger partial charge < -0.3 is 4.74 Å². The number of ether oxygens (including phenoxy) is 1. The van der Waals surface area contributed by atoms with Gasteiger partial charge in [-0.25, -0.2) is 13.1 Å². The van der Waals surface area contributed by atoms with Gasteiger partial charge in [0.2, 0.25) is 10.0 Å². The first kappa shape index (κ1) is 14.4. The Labute approximate surface area is 113 Å². The summed E-state index contributed by atoms with van der Waals surface area (Å²) in [6.07, 6.45) is 2.84. The molecule has 1 atom stereocenters. The van der Waals surface area contributed by atoms with Crippen LogP contribution in [0.3, 0.4) is 0 Å². The van der Waals surface area contributed by atoms with Gasteiger partial charge in [0, 0.05) is 38.9 Å². The molecule has 0 radical (unpaired) electrons. The van der Waals surface area contributed by atoms with Crippen molar-refractivity contribution >= 4 is 10.0 Å². The molecule has 0 amide bonds. The van der Waals surface area contributed by atoms with Crippen molar-refractivity contribution in [2.24, 2.45) is 7.05 Å². The largest absolute Gasteiger partial charge is 0.379 e. The van der Waals surface area contributed by atoms with Crippen LogP contribution in [-0.4, -0.2) is 62.0 Å². The van der Waals surface area contributed by atoms with Gasteiger partial charge in [-0.05, 0) is 6.92 Å². The molecule has 1 fully saturated rings. The molecule has 19 heavy (non-hydrogen) atoms. The fraction of sp³-hybridized carbons (Fsp3) is 0.727. The maximum Gasteiger partial charge on any atom is 0.243 e. The number of sulfonamides is 1. The molecule has 1 aliphatic rings. The van der Waals surface area contributed by atoms with Crippen LogP contribution in [0.15, 0.2) is 17.3 Å². The highest BCUT2D eigenvalue weighted by atomic mass is 32.2. The van der Waals surface area contributed by atoms with Crippen LogP contribution in [0.4, 0.5) is 0 Å². The first-order valence-electron chi connectivity index (χ1n) is 6.28. The smallest absolute Gasteiger partial charge is 0.243 e. The molecule has 1 unspecified atom stereocenters. The van der Waals surface area contributed by atoms with Crippen molar-refractivity contribution in [2.45, 2.75) is 17.9 Å². The van der Waals surface area contributed by atoms with E-state index in [1.54, 1.807) is 7.05 Å². The van der Waals surface area contributed by atoms with Crippen LogP contribution in [-0.2, 0) is 21.8 Å². The molecule has 0 spiro atoms. The molecule has 7 nitrogen and oxygen atoms in total. The summed E-state index contributed by atoms with van der Waals surface area (Å²) in [5, 5.41) is 3.88. The first-order valence-corrected chi connectivity index (χ1v) is 7.77. The number of hydrogen-bond donors (Lipinski definition) is 1. The fourth-order valence-electron chi connectivity index (χ4n) is 2.08. The molecule has 0 bridgehead atoms. The summed E-state index contributed by atoms with van der Waals surface area (Å²) < 4.78 is 33.6. The van der Waals surface area contributed by atoms with E-state index >= 15 is 0 Å². The highest BCUT2D eigenvalue weighted by molar-refractivity contribution is 7.89. The third-order valence-corrected chi connectivity index (χ3v) is 4.53. The fourth-order valence-corrected chi connectivity index (χ4v) is 3.30. The van der Waals surface area contributed by atoms with Crippen molar-refractivity contribution in [3.8, 4) is 0 Å². The van der Waals surface area contributed by atoms with Crippen molar-refractivity contribution in [2.75, 3.05) is 32.8 Å². The summed E-state index contributed by atoms with van der Waals surface area (Å²) in [4.78, 5) is 2.39. The van der Waals surface area contributed by atoms with Gasteiger partial charge in [0.05, 0.1) is 19.4 Å². The van der Waals surface area contributed by atoms with Crippen molar-refractivity contribution in [3.63, 3.8) is 0 Å². The van der Waals surface area contributed by atoms with Gasteiger partial charge in [-0.3, -0.25) is 9.58 Å². The summed E-state index contributed by atoms with van der Waals surface area (Å²) in [7, 11) is -1.79. The molecule has 1 aromatic heterocycles. The van der Waals surface area contributed by atoms with Crippen LogP contribution >= 0.6 is 0 Å². The number of hydrogen-bond acceptors (Lipinski definition) is 5. The van der Waals surface area contributed by atoms with Gasteiger partial charge in [-0.15, -0.1) is 0 Å². The molecule has 1 aliphatic heterocycles. The predicted molar refractivity (Wildman–Crippen MR) is 70.3 cm³/mol. The van der Waals surface area contributed by atoms with E-state index in [0.29, 0.717) is 19.8 Å². The number of nitrogens with one attached hydrogen (secondary N) is 1. The zero-order valence-corrected chi connectivity index (χ0v) is 12.1. The number of nitrogens with zero attached hydrogens (tertiary/aromatic N) is 3. The van der Waals surface area contributed by atoms with Crippen molar-refractivity contribution in [3.05, 3.63) is 12.4 Å². The lowest BCUT2D eigenvalue weighted by molar-refractivity contribution is 0.0354. The van der Waals surface area contributed by atoms with E-state index in [4.69, 9.17) is 4.74 Å². The van der Waals surface area contributed by atoms with Gasteiger partial charge >= 0.3 is 0 Å². The molecule has 0 saturated carbocycles. The summed E-state index contributed by atoms with van der Waals surface area (Å²) in [5.74, 6) is 0. The second kappa shape index (κ2) is 6.00. The Balaban J connectivity index is 1.92. The molecule has 1 aromatic rings. The van der Waals surface area contributed by atoms with Crippen LogP contribution in [0.1, 0.15) is 6.92 Å². The van der Waals surface area contributed by atoms with Crippen LogP contribution in [0.25, 0.3) is 0 Å². The Bertz CT molecular complexity index is 508. The molecular formula is C11H20N4O3S. The summed E-state index contributed by atoms with van der Waals surface area (Å²) in [6, 6.07) is -0.150. The van der Waals surface area contributed by atoms with E-state index in [2.05, 4.69) is 14.7 Å². The molecule has 0 aliphatic carbocycles. The number of morpholine rings is 1. The lowest BCUT2D eigenvalue weighted by Crippen LogP contribution is -2.45. The van der Waals surface area contributed by atoms with E-state index < -0.39 is 10.0 Å². The minimum atomic E-state index is -3.48. The highest BCUT2D eigenvalue weighted by Gasteiger charge is 2.21. The van der Waals surface area contributed by atoms with Crippen molar-refractivity contribution in [1.82, 2.24) is 19.4 Å². The lowest BCUT2D eigenvalue weighted by atomic mass is 10.3. The summed E-state index contributed by atoms with van der Waals surface area (Å²) in [5.41, 5.74) is 0. The SMILES string of the molecule is CC(CN1CCOCC1)NS(=O)(=O)c1cnn(C)c1. The van der Waals surface area contributed by atoms with Crippen LogP contribution in [0.2, 0.25) is 0 Å². The Morgan fingerprint density at radius 1 is 1.47 bits per heavy atom. The van der Waals surface area contributed by atoms with E-state index in [-0.39, 0.29) is 10.9 Å². The van der Waals surface area contributed by atoms with Crippen LogP contribution in [0.5, 0.6) is 0 Å². The third kappa shape index (κ3) is 4.00. The molecule has 108 valence electrons. The zero-order chi connectivity index (χ0) is 13.9.